The zero-order valence-electron chi connectivity index (χ0n) is 8.26. The molecule has 2 heteroatoms. The highest BCUT2D eigenvalue weighted by atomic mass is 35.5. The van der Waals surface area contributed by atoms with Crippen LogP contribution in [0.1, 0.15) is 37.8 Å². The van der Waals surface area contributed by atoms with Crippen LogP contribution in [0.3, 0.4) is 0 Å². The molecular weight excluding hydrogens is 184 g/mol. The molecule has 0 atom stereocenters. The molecule has 1 aromatic rings. The van der Waals surface area contributed by atoms with Gasteiger partial charge in [-0.1, -0.05) is 32.4 Å². The number of hydrogen-bond acceptors (Lipinski definition) is 1. The van der Waals surface area contributed by atoms with Gasteiger partial charge in [-0.05, 0) is 35.6 Å². The van der Waals surface area contributed by atoms with Crippen LogP contribution in [0.25, 0.3) is 0 Å². The van der Waals surface area contributed by atoms with E-state index in [1.54, 1.807) is 0 Å². The molecule has 1 nitrogen and oxygen atoms in total. The number of aryl methyl sites for hydroxylation is 1. The van der Waals surface area contributed by atoms with Crippen molar-refractivity contribution in [2.45, 2.75) is 33.1 Å². The molecule has 1 N–H and O–H groups in total. The molecule has 72 valence electrons. The largest absolute Gasteiger partial charge is 0.507 e. The Bertz CT molecular complexity index is 305. The second kappa shape index (κ2) is 4.01. The van der Waals surface area contributed by atoms with Gasteiger partial charge >= 0.3 is 0 Å². The molecule has 0 saturated heterocycles. The summed E-state index contributed by atoms with van der Waals surface area (Å²) in [6.45, 7) is 6.10. The highest BCUT2D eigenvalue weighted by Gasteiger charge is 2.10. The molecule has 1 aromatic carbocycles. The van der Waals surface area contributed by atoms with E-state index in [0.717, 1.165) is 17.5 Å². The Morgan fingerprint density at radius 1 is 1.38 bits per heavy atom. The molecule has 0 saturated carbocycles. The first kappa shape index (κ1) is 10.4. The van der Waals surface area contributed by atoms with Crippen LogP contribution in [0.2, 0.25) is 5.02 Å². The van der Waals surface area contributed by atoms with E-state index in [0.29, 0.717) is 16.7 Å². The van der Waals surface area contributed by atoms with E-state index in [2.05, 4.69) is 0 Å². The third-order valence-corrected chi connectivity index (χ3v) is 2.40. The van der Waals surface area contributed by atoms with Crippen molar-refractivity contribution >= 4 is 11.6 Å². The maximum atomic E-state index is 9.83. The van der Waals surface area contributed by atoms with Crippen LogP contribution in [0.15, 0.2) is 12.1 Å². The summed E-state index contributed by atoms with van der Waals surface area (Å²) in [7, 11) is 0. The molecule has 0 fully saturated rings. The topological polar surface area (TPSA) is 20.2 Å². The van der Waals surface area contributed by atoms with Gasteiger partial charge < -0.3 is 5.11 Å². The van der Waals surface area contributed by atoms with Crippen molar-refractivity contribution in [2.24, 2.45) is 0 Å². The highest BCUT2D eigenvalue weighted by molar-refractivity contribution is 6.30. The van der Waals surface area contributed by atoms with Gasteiger partial charge in [-0.25, -0.2) is 0 Å². The molecule has 0 radical (unpaired) electrons. The van der Waals surface area contributed by atoms with E-state index >= 15 is 0 Å². The van der Waals surface area contributed by atoms with E-state index in [-0.39, 0.29) is 0 Å². The number of halogens is 1. The van der Waals surface area contributed by atoms with Crippen molar-refractivity contribution in [3.63, 3.8) is 0 Å². The van der Waals surface area contributed by atoms with Gasteiger partial charge in [0.2, 0.25) is 0 Å². The Labute approximate surface area is 84.4 Å². The molecule has 0 heterocycles. The standard InChI is InChI=1S/C11H15ClO/c1-4-8-5-9(12)6-10(7(2)3)11(8)13/h5-7,13H,4H2,1-3H3. The Kier molecular flexibility index (Phi) is 3.21. The first-order valence-electron chi connectivity index (χ1n) is 4.57. The summed E-state index contributed by atoms with van der Waals surface area (Å²) in [5.41, 5.74) is 1.86. The molecule has 0 aliphatic rings. The molecule has 1 rings (SSSR count). The fourth-order valence-corrected chi connectivity index (χ4v) is 1.64. The summed E-state index contributed by atoms with van der Waals surface area (Å²) in [6, 6.07) is 3.66. The molecular formula is C11H15ClO. The first-order chi connectivity index (χ1) is 6.06. The molecule has 0 aliphatic heterocycles. The first-order valence-corrected chi connectivity index (χ1v) is 4.95. The van der Waals surface area contributed by atoms with E-state index in [9.17, 15) is 5.11 Å². The zero-order chi connectivity index (χ0) is 10.0. The van der Waals surface area contributed by atoms with Gasteiger partial charge in [0.1, 0.15) is 5.75 Å². The van der Waals surface area contributed by atoms with Gasteiger partial charge in [0.05, 0.1) is 0 Å². The van der Waals surface area contributed by atoms with Crippen molar-refractivity contribution in [3.05, 3.63) is 28.3 Å². The lowest BCUT2D eigenvalue weighted by Crippen LogP contribution is -1.92. The maximum Gasteiger partial charge on any atom is 0.122 e. The van der Waals surface area contributed by atoms with Crippen LogP contribution < -0.4 is 0 Å². The van der Waals surface area contributed by atoms with Crippen LogP contribution in [0.4, 0.5) is 0 Å². The van der Waals surface area contributed by atoms with Crippen LogP contribution >= 0.6 is 11.6 Å². The Morgan fingerprint density at radius 3 is 2.46 bits per heavy atom. The molecule has 0 aliphatic carbocycles. The number of benzene rings is 1. The normalized spacial score (nSPS) is 10.8. The van der Waals surface area contributed by atoms with Gasteiger partial charge in [0.25, 0.3) is 0 Å². The molecule has 0 aromatic heterocycles. The van der Waals surface area contributed by atoms with Gasteiger partial charge in [0, 0.05) is 5.02 Å². The quantitative estimate of drug-likeness (QED) is 0.768. The number of aromatic hydroxyl groups is 1. The molecule has 0 unspecified atom stereocenters. The van der Waals surface area contributed by atoms with Gasteiger partial charge in [-0.3, -0.25) is 0 Å². The Morgan fingerprint density at radius 2 is 2.00 bits per heavy atom. The highest BCUT2D eigenvalue weighted by Crippen LogP contribution is 2.32. The Balaban J connectivity index is 3.27. The molecule has 0 bridgehead atoms. The third kappa shape index (κ3) is 2.16. The van der Waals surface area contributed by atoms with E-state index in [4.69, 9.17) is 11.6 Å². The van der Waals surface area contributed by atoms with Crippen molar-refractivity contribution in [3.8, 4) is 5.75 Å². The second-order valence-corrected chi connectivity index (χ2v) is 3.95. The summed E-state index contributed by atoms with van der Waals surface area (Å²) >= 11 is 5.93. The van der Waals surface area contributed by atoms with Gasteiger partial charge in [-0.15, -0.1) is 0 Å². The lowest BCUT2D eigenvalue weighted by atomic mass is 9.98. The lowest BCUT2D eigenvalue weighted by molar-refractivity contribution is 0.458. The summed E-state index contributed by atoms with van der Waals surface area (Å²) in [4.78, 5) is 0. The minimum absolute atomic E-state index is 0.309. The SMILES string of the molecule is CCc1cc(Cl)cc(C(C)C)c1O. The van der Waals surface area contributed by atoms with Crippen molar-refractivity contribution in [1.29, 1.82) is 0 Å². The van der Waals surface area contributed by atoms with Crippen molar-refractivity contribution < 1.29 is 5.11 Å². The number of phenolic OH excluding ortho intramolecular Hbond substituents is 1. The summed E-state index contributed by atoms with van der Waals surface area (Å²) in [5.74, 6) is 0.714. The van der Waals surface area contributed by atoms with E-state index in [1.165, 1.54) is 0 Å². The second-order valence-electron chi connectivity index (χ2n) is 3.51. The van der Waals surface area contributed by atoms with Crippen molar-refractivity contribution in [1.82, 2.24) is 0 Å². The molecule has 0 amide bonds. The number of hydrogen-bond donors (Lipinski definition) is 1. The predicted octanol–water partition coefficient (Wildman–Crippen LogP) is 3.73. The lowest BCUT2D eigenvalue weighted by Gasteiger charge is -2.12. The minimum atomic E-state index is 0.309. The smallest absolute Gasteiger partial charge is 0.122 e. The van der Waals surface area contributed by atoms with Crippen LogP contribution in [0.5, 0.6) is 5.75 Å². The third-order valence-electron chi connectivity index (χ3n) is 2.19. The fourth-order valence-electron chi connectivity index (χ4n) is 1.39. The minimum Gasteiger partial charge on any atom is -0.507 e. The molecule has 0 spiro atoms. The Hall–Kier alpha value is -0.690. The average Bonchev–Trinajstić information content (AvgIpc) is 2.08. The molecule has 13 heavy (non-hydrogen) atoms. The maximum absolute atomic E-state index is 9.83. The summed E-state index contributed by atoms with van der Waals surface area (Å²) in [5, 5.41) is 10.5. The number of rotatable bonds is 2. The van der Waals surface area contributed by atoms with E-state index in [1.807, 2.05) is 32.9 Å². The van der Waals surface area contributed by atoms with Gasteiger partial charge in [-0.2, -0.15) is 0 Å². The summed E-state index contributed by atoms with van der Waals surface area (Å²) < 4.78 is 0. The van der Waals surface area contributed by atoms with E-state index < -0.39 is 0 Å². The van der Waals surface area contributed by atoms with Crippen LogP contribution in [-0.4, -0.2) is 5.11 Å². The van der Waals surface area contributed by atoms with Crippen LogP contribution in [-0.2, 0) is 6.42 Å². The van der Waals surface area contributed by atoms with Crippen molar-refractivity contribution in [2.75, 3.05) is 0 Å². The fraction of sp³-hybridized carbons (Fsp3) is 0.455. The van der Waals surface area contributed by atoms with Gasteiger partial charge in [0.15, 0.2) is 0 Å². The predicted molar refractivity (Wildman–Crippen MR) is 56.6 cm³/mol. The summed E-state index contributed by atoms with van der Waals surface area (Å²) in [6.07, 6.45) is 0.812. The van der Waals surface area contributed by atoms with Crippen LogP contribution in [0, 0.1) is 0 Å². The zero-order valence-corrected chi connectivity index (χ0v) is 9.02. The monoisotopic (exact) mass is 198 g/mol. The average molecular weight is 199 g/mol. The number of phenols is 1.